The maximum absolute atomic E-state index is 13.8. The van der Waals surface area contributed by atoms with Gasteiger partial charge in [-0.15, -0.1) is 0 Å². The van der Waals surface area contributed by atoms with E-state index in [2.05, 4.69) is 20.3 Å². The lowest BCUT2D eigenvalue weighted by Crippen LogP contribution is -2.17. The SMILES string of the molecule is Cc1nc(NC(c2ccc(F)c(F)c2)c2nc(S(N)(=O)=O)c(C)[nH]2)ccc1F. The summed E-state index contributed by atoms with van der Waals surface area (Å²) in [6.45, 7) is 2.92. The Kier molecular flexibility index (Phi) is 5.13. The van der Waals surface area contributed by atoms with Crippen LogP contribution in [-0.2, 0) is 10.0 Å². The molecule has 0 fully saturated rings. The van der Waals surface area contributed by atoms with Crippen LogP contribution in [0.5, 0.6) is 0 Å². The maximum Gasteiger partial charge on any atom is 0.257 e. The van der Waals surface area contributed by atoms with E-state index in [1.807, 2.05) is 0 Å². The predicted molar refractivity (Wildman–Crippen MR) is 95.5 cm³/mol. The van der Waals surface area contributed by atoms with E-state index in [1.54, 1.807) is 0 Å². The molecule has 2 heterocycles. The number of aryl methyl sites for hydroxylation is 2. The Bertz CT molecular complexity index is 1150. The summed E-state index contributed by atoms with van der Waals surface area (Å²) in [5.41, 5.74) is 0.530. The lowest BCUT2D eigenvalue weighted by atomic mass is 10.1. The van der Waals surface area contributed by atoms with E-state index in [0.29, 0.717) is 0 Å². The van der Waals surface area contributed by atoms with Crippen molar-refractivity contribution in [3.63, 3.8) is 0 Å². The fourth-order valence-electron chi connectivity index (χ4n) is 2.65. The van der Waals surface area contributed by atoms with Crippen LogP contribution in [0.1, 0.15) is 28.8 Å². The van der Waals surface area contributed by atoms with Gasteiger partial charge >= 0.3 is 0 Å². The number of anilines is 1. The van der Waals surface area contributed by atoms with Gasteiger partial charge in [-0.25, -0.2) is 36.7 Å². The molecule has 3 rings (SSSR count). The number of hydrogen-bond acceptors (Lipinski definition) is 5. The molecule has 0 saturated carbocycles. The molecule has 28 heavy (non-hydrogen) atoms. The number of nitrogens with two attached hydrogens (primary N) is 1. The molecule has 0 bridgehead atoms. The second-order valence-corrected chi connectivity index (χ2v) is 7.59. The van der Waals surface area contributed by atoms with E-state index in [4.69, 9.17) is 5.14 Å². The topological polar surface area (TPSA) is 114 Å². The first-order chi connectivity index (χ1) is 13.1. The number of pyridine rings is 1. The zero-order valence-corrected chi connectivity index (χ0v) is 15.6. The van der Waals surface area contributed by atoms with E-state index in [9.17, 15) is 21.6 Å². The highest BCUT2D eigenvalue weighted by Gasteiger charge is 2.25. The van der Waals surface area contributed by atoms with Crippen LogP contribution in [0.25, 0.3) is 0 Å². The van der Waals surface area contributed by atoms with Crippen molar-refractivity contribution in [2.45, 2.75) is 24.9 Å². The first-order valence-electron chi connectivity index (χ1n) is 8.00. The number of benzene rings is 1. The first kappa shape index (κ1) is 19.8. The van der Waals surface area contributed by atoms with Crippen molar-refractivity contribution in [3.05, 3.63) is 70.6 Å². The van der Waals surface area contributed by atoms with Crippen molar-refractivity contribution in [2.24, 2.45) is 5.14 Å². The summed E-state index contributed by atoms with van der Waals surface area (Å²) in [7, 11) is -4.10. The third-order valence-electron chi connectivity index (χ3n) is 3.99. The second-order valence-electron chi connectivity index (χ2n) is 6.11. The van der Waals surface area contributed by atoms with Crippen LogP contribution >= 0.6 is 0 Å². The molecule has 3 aromatic rings. The number of aromatic amines is 1. The van der Waals surface area contributed by atoms with Crippen LogP contribution in [-0.4, -0.2) is 23.4 Å². The van der Waals surface area contributed by atoms with Crippen LogP contribution in [0, 0.1) is 31.3 Å². The van der Waals surface area contributed by atoms with Crippen molar-refractivity contribution in [1.82, 2.24) is 15.0 Å². The molecule has 2 aromatic heterocycles. The Morgan fingerprint density at radius 2 is 1.71 bits per heavy atom. The van der Waals surface area contributed by atoms with E-state index in [0.717, 1.165) is 12.1 Å². The molecule has 11 heteroatoms. The molecule has 4 N–H and O–H groups in total. The number of aromatic nitrogens is 3. The zero-order valence-electron chi connectivity index (χ0n) is 14.8. The number of halogens is 3. The summed E-state index contributed by atoms with van der Waals surface area (Å²) in [5.74, 6) is -2.35. The molecular formula is C17H16F3N5O2S. The smallest absolute Gasteiger partial charge is 0.257 e. The number of nitrogens with zero attached hydrogens (tertiary/aromatic N) is 2. The van der Waals surface area contributed by atoms with Crippen LogP contribution in [0.2, 0.25) is 0 Å². The summed E-state index contributed by atoms with van der Waals surface area (Å²) in [6, 6.07) is 4.78. The van der Waals surface area contributed by atoms with E-state index in [-0.39, 0.29) is 33.6 Å². The fraction of sp³-hybridized carbons (Fsp3) is 0.176. The number of hydrogen-bond donors (Lipinski definition) is 3. The van der Waals surface area contributed by atoms with Crippen molar-refractivity contribution >= 4 is 15.8 Å². The lowest BCUT2D eigenvalue weighted by molar-refractivity contribution is 0.506. The molecule has 0 aliphatic heterocycles. The van der Waals surface area contributed by atoms with Gasteiger partial charge in [-0.05, 0) is 43.7 Å². The van der Waals surface area contributed by atoms with Gasteiger partial charge in [0.15, 0.2) is 16.7 Å². The number of nitrogens with one attached hydrogen (secondary N) is 2. The van der Waals surface area contributed by atoms with Gasteiger partial charge in [0, 0.05) is 0 Å². The third kappa shape index (κ3) is 3.99. The Morgan fingerprint density at radius 1 is 1.04 bits per heavy atom. The minimum absolute atomic E-state index is 0.0799. The number of H-pyrrole nitrogens is 1. The Labute approximate surface area is 158 Å². The van der Waals surface area contributed by atoms with Gasteiger partial charge < -0.3 is 10.3 Å². The van der Waals surface area contributed by atoms with Gasteiger partial charge in [0.25, 0.3) is 10.0 Å². The number of rotatable bonds is 5. The van der Waals surface area contributed by atoms with Gasteiger partial charge in [0.1, 0.15) is 23.5 Å². The molecule has 148 valence electrons. The summed E-state index contributed by atoms with van der Waals surface area (Å²) in [4.78, 5) is 10.8. The summed E-state index contributed by atoms with van der Waals surface area (Å²) in [5, 5.41) is 7.70. The second kappa shape index (κ2) is 7.24. The third-order valence-corrected chi connectivity index (χ3v) is 4.93. The van der Waals surface area contributed by atoms with Crippen molar-refractivity contribution in [1.29, 1.82) is 0 Å². The molecule has 0 aliphatic rings. The highest BCUT2D eigenvalue weighted by molar-refractivity contribution is 7.89. The zero-order chi connectivity index (χ0) is 20.6. The quantitative estimate of drug-likeness (QED) is 0.597. The van der Waals surface area contributed by atoms with Crippen LogP contribution in [0.4, 0.5) is 19.0 Å². The molecule has 0 aliphatic carbocycles. The van der Waals surface area contributed by atoms with Gasteiger partial charge in [0.05, 0.1) is 11.4 Å². The average molecular weight is 411 g/mol. The minimum Gasteiger partial charge on any atom is -0.356 e. The molecule has 7 nitrogen and oxygen atoms in total. The van der Waals surface area contributed by atoms with Crippen LogP contribution < -0.4 is 10.5 Å². The highest BCUT2D eigenvalue weighted by Crippen LogP contribution is 2.27. The Hall–Kier alpha value is -2.92. The van der Waals surface area contributed by atoms with Crippen molar-refractivity contribution in [2.75, 3.05) is 5.32 Å². The van der Waals surface area contributed by atoms with Crippen molar-refractivity contribution in [3.8, 4) is 0 Å². The lowest BCUT2D eigenvalue weighted by Gasteiger charge is -2.18. The number of primary sulfonamides is 1. The molecule has 1 unspecified atom stereocenters. The molecule has 0 radical (unpaired) electrons. The largest absolute Gasteiger partial charge is 0.356 e. The highest BCUT2D eigenvalue weighted by atomic mass is 32.2. The van der Waals surface area contributed by atoms with Gasteiger partial charge in [-0.1, -0.05) is 6.07 Å². The van der Waals surface area contributed by atoms with E-state index < -0.39 is 33.5 Å². The van der Waals surface area contributed by atoms with Crippen LogP contribution in [0.3, 0.4) is 0 Å². The normalized spacial score (nSPS) is 12.8. The van der Waals surface area contributed by atoms with Crippen molar-refractivity contribution < 1.29 is 21.6 Å². The summed E-state index contributed by atoms with van der Waals surface area (Å²) >= 11 is 0. The van der Waals surface area contributed by atoms with E-state index in [1.165, 1.54) is 32.0 Å². The first-order valence-corrected chi connectivity index (χ1v) is 9.55. The molecule has 1 atom stereocenters. The predicted octanol–water partition coefficient (Wildman–Crippen LogP) is 2.69. The summed E-state index contributed by atoms with van der Waals surface area (Å²) < 4.78 is 64.0. The van der Waals surface area contributed by atoms with Gasteiger partial charge in [-0.3, -0.25) is 0 Å². The molecular weight excluding hydrogens is 395 g/mol. The fourth-order valence-corrected chi connectivity index (χ4v) is 3.36. The van der Waals surface area contributed by atoms with Gasteiger partial charge in [-0.2, -0.15) is 0 Å². The minimum atomic E-state index is -4.10. The standard InChI is InChI=1S/C17H16F3N5O2S/c1-8-11(18)5-6-14(22-8)24-15(10-3-4-12(19)13(20)7-10)16-23-9(2)17(25-16)28(21,26)27/h3-7,15H,1-2H3,(H,22,24)(H,23,25)(H2,21,26,27). The van der Waals surface area contributed by atoms with E-state index >= 15 is 0 Å². The van der Waals surface area contributed by atoms with Crippen LogP contribution in [0.15, 0.2) is 35.4 Å². The molecule has 0 spiro atoms. The molecule has 0 amide bonds. The maximum atomic E-state index is 13.8. The van der Waals surface area contributed by atoms with Gasteiger partial charge in [0.2, 0.25) is 0 Å². The molecule has 1 aromatic carbocycles. The monoisotopic (exact) mass is 411 g/mol. The average Bonchev–Trinajstić information content (AvgIpc) is 3.00. The Morgan fingerprint density at radius 3 is 2.29 bits per heavy atom. The number of sulfonamides is 1. The summed E-state index contributed by atoms with van der Waals surface area (Å²) in [6.07, 6.45) is 0. The number of imidazole rings is 1. The Balaban J connectivity index is 2.11. The molecule has 0 saturated heterocycles.